The molecule has 2 unspecified atom stereocenters. The van der Waals surface area contributed by atoms with E-state index in [-0.39, 0.29) is 12.6 Å². The van der Waals surface area contributed by atoms with Crippen LogP contribution in [0.15, 0.2) is 22.7 Å². The normalized spacial score (nSPS) is 24.6. The van der Waals surface area contributed by atoms with E-state index in [9.17, 15) is 5.11 Å². The van der Waals surface area contributed by atoms with Crippen molar-refractivity contribution in [3.8, 4) is 0 Å². The fourth-order valence-corrected chi connectivity index (χ4v) is 4.03. The van der Waals surface area contributed by atoms with Gasteiger partial charge in [-0.15, -0.1) is 0 Å². The maximum absolute atomic E-state index is 9.73. The summed E-state index contributed by atoms with van der Waals surface area (Å²) in [5, 5.41) is 13.4. The third kappa shape index (κ3) is 3.86. The fourth-order valence-electron chi connectivity index (χ4n) is 3.62. The summed E-state index contributed by atoms with van der Waals surface area (Å²) in [4.78, 5) is 0. The molecule has 1 aromatic carbocycles. The average Bonchev–Trinajstić information content (AvgIpc) is 2.53. The van der Waals surface area contributed by atoms with Gasteiger partial charge in [-0.3, -0.25) is 0 Å². The maximum atomic E-state index is 9.73. The molecule has 3 nitrogen and oxygen atoms in total. The number of ether oxygens (including phenoxy) is 1. The lowest BCUT2D eigenvalue weighted by molar-refractivity contribution is 0.0410. The van der Waals surface area contributed by atoms with E-state index in [0.29, 0.717) is 12.0 Å². The molecule has 2 N–H and O–H groups in total. The molecule has 2 atom stereocenters. The number of aliphatic hydroxyl groups excluding tert-OH is 1. The highest BCUT2D eigenvalue weighted by molar-refractivity contribution is 9.10. The van der Waals surface area contributed by atoms with Crippen LogP contribution >= 0.6 is 15.9 Å². The van der Waals surface area contributed by atoms with Crippen molar-refractivity contribution in [3.05, 3.63) is 33.8 Å². The van der Waals surface area contributed by atoms with Crippen molar-refractivity contribution >= 4 is 15.9 Å². The van der Waals surface area contributed by atoms with Gasteiger partial charge in [-0.05, 0) is 61.3 Å². The van der Waals surface area contributed by atoms with Crippen molar-refractivity contribution in [1.29, 1.82) is 0 Å². The molecule has 1 aliphatic heterocycles. The van der Waals surface area contributed by atoms with Crippen molar-refractivity contribution in [2.75, 3.05) is 19.8 Å². The number of aliphatic hydroxyl groups is 1. The smallest absolute Gasteiger partial charge is 0.0587 e. The minimum atomic E-state index is 0.218. The maximum Gasteiger partial charge on any atom is 0.0587 e. The quantitative estimate of drug-likeness (QED) is 0.874. The van der Waals surface area contributed by atoms with Gasteiger partial charge in [0.1, 0.15) is 0 Å². The molecule has 1 aliphatic carbocycles. The molecule has 4 heteroatoms. The minimum absolute atomic E-state index is 0.218. The molecule has 116 valence electrons. The number of nitrogens with one attached hydrogen (secondary N) is 1. The average molecular weight is 354 g/mol. The Kier molecular flexibility index (Phi) is 5.33. The predicted molar refractivity (Wildman–Crippen MR) is 87.5 cm³/mol. The fraction of sp³-hybridized carbons (Fsp3) is 0.647. The van der Waals surface area contributed by atoms with Crippen molar-refractivity contribution < 1.29 is 9.84 Å². The van der Waals surface area contributed by atoms with E-state index in [1.165, 1.54) is 15.6 Å². The van der Waals surface area contributed by atoms with Gasteiger partial charge in [0, 0.05) is 29.8 Å². The van der Waals surface area contributed by atoms with Gasteiger partial charge in [-0.25, -0.2) is 0 Å². The number of benzene rings is 1. The Morgan fingerprint density at radius 1 is 1.24 bits per heavy atom. The zero-order valence-corrected chi connectivity index (χ0v) is 13.9. The second-order valence-electron chi connectivity index (χ2n) is 6.26. The first kappa shape index (κ1) is 15.5. The van der Waals surface area contributed by atoms with Gasteiger partial charge in [-0.1, -0.05) is 22.0 Å². The first-order valence-electron chi connectivity index (χ1n) is 7.98. The Morgan fingerprint density at radius 3 is 2.81 bits per heavy atom. The molecule has 1 fully saturated rings. The van der Waals surface area contributed by atoms with E-state index in [0.717, 1.165) is 45.3 Å². The number of halogens is 1. The molecule has 0 radical (unpaired) electrons. The van der Waals surface area contributed by atoms with Crippen molar-refractivity contribution in [3.63, 3.8) is 0 Å². The van der Waals surface area contributed by atoms with Gasteiger partial charge in [0.15, 0.2) is 0 Å². The lowest BCUT2D eigenvalue weighted by Crippen LogP contribution is -2.48. The van der Waals surface area contributed by atoms with Gasteiger partial charge < -0.3 is 15.2 Å². The van der Waals surface area contributed by atoms with Crippen molar-refractivity contribution in [2.24, 2.45) is 5.92 Å². The topological polar surface area (TPSA) is 41.5 Å². The number of rotatable bonds is 4. The van der Waals surface area contributed by atoms with Gasteiger partial charge in [-0.2, -0.15) is 0 Å². The molecular weight excluding hydrogens is 330 g/mol. The van der Waals surface area contributed by atoms with Gasteiger partial charge in [0.2, 0.25) is 0 Å². The summed E-state index contributed by atoms with van der Waals surface area (Å²) in [6.07, 6.45) is 5.48. The zero-order chi connectivity index (χ0) is 14.7. The number of aryl methyl sites for hydroxylation is 1. The number of fused-ring (bicyclic) bond motifs is 1. The van der Waals surface area contributed by atoms with E-state index in [1.807, 2.05) is 0 Å². The van der Waals surface area contributed by atoms with E-state index in [1.54, 1.807) is 0 Å². The Morgan fingerprint density at radius 2 is 2.05 bits per heavy atom. The molecule has 0 amide bonds. The monoisotopic (exact) mass is 353 g/mol. The van der Waals surface area contributed by atoms with Gasteiger partial charge in [0.05, 0.1) is 6.61 Å². The summed E-state index contributed by atoms with van der Waals surface area (Å²) in [6.45, 7) is 1.91. The first-order valence-corrected chi connectivity index (χ1v) is 8.77. The molecule has 0 bridgehead atoms. The molecule has 1 saturated heterocycles. The summed E-state index contributed by atoms with van der Waals surface area (Å²) in [5.41, 5.74) is 2.92. The molecule has 0 spiro atoms. The molecule has 1 heterocycles. The van der Waals surface area contributed by atoms with Crippen LogP contribution in [0.25, 0.3) is 0 Å². The van der Waals surface area contributed by atoms with Gasteiger partial charge in [0.25, 0.3) is 0 Å². The number of hydrogen-bond acceptors (Lipinski definition) is 3. The minimum Gasteiger partial charge on any atom is -0.395 e. The SMILES string of the molecule is OCC(NC1CCc2cc(Br)ccc2C1)C1CCOCC1. The van der Waals surface area contributed by atoms with Crippen LogP contribution in [0.1, 0.15) is 30.4 Å². The van der Waals surface area contributed by atoms with E-state index in [2.05, 4.69) is 39.4 Å². The van der Waals surface area contributed by atoms with Crippen LogP contribution in [0.3, 0.4) is 0 Å². The van der Waals surface area contributed by atoms with Crippen LogP contribution in [-0.4, -0.2) is 37.0 Å². The zero-order valence-electron chi connectivity index (χ0n) is 12.4. The first-order chi connectivity index (χ1) is 10.3. The lowest BCUT2D eigenvalue weighted by Gasteiger charge is -2.35. The van der Waals surface area contributed by atoms with Crippen LogP contribution in [0, 0.1) is 5.92 Å². The lowest BCUT2D eigenvalue weighted by atomic mass is 9.86. The Bertz CT molecular complexity index is 474. The van der Waals surface area contributed by atoms with E-state index >= 15 is 0 Å². The second kappa shape index (κ2) is 7.23. The van der Waals surface area contributed by atoms with Crippen LogP contribution in [0.4, 0.5) is 0 Å². The van der Waals surface area contributed by atoms with Crippen LogP contribution in [0.2, 0.25) is 0 Å². The Labute approximate surface area is 135 Å². The summed E-state index contributed by atoms with van der Waals surface area (Å²) in [6, 6.07) is 7.31. The third-order valence-electron chi connectivity index (χ3n) is 4.88. The molecule has 21 heavy (non-hydrogen) atoms. The Hall–Kier alpha value is -0.420. The highest BCUT2D eigenvalue weighted by atomic mass is 79.9. The molecule has 2 aliphatic rings. The highest BCUT2D eigenvalue weighted by Gasteiger charge is 2.27. The van der Waals surface area contributed by atoms with Crippen LogP contribution < -0.4 is 5.32 Å². The summed E-state index contributed by atoms with van der Waals surface area (Å²) >= 11 is 3.55. The van der Waals surface area contributed by atoms with Crippen LogP contribution in [0.5, 0.6) is 0 Å². The third-order valence-corrected chi connectivity index (χ3v) is 5.37. The predicted octanol–water partition coefficient (Wildman–Crippen LogP) is 2.68. The Balaban J connectivity index is 1.61. The standard InChI is InChI=1S/C17H24BrNO2/c18-15-3-1-14-10-16(4-2-13(14)9-15)19-17(11-20)12-5-7-21-8-6-12/h1,3,9,12,16-17,19-20H,2,4-8,10-11H2. The second-order valence-corrected chi connectivity index (χ2v) is 7.17. The summed E-state index contributed by atoms with van der Waals surface area (Å²) in [7, 11) is 0. The molecular formula is C17H24BrNO2. The summed E-state index contributed by atoms with van der Waals surface area (Å²) in [5.74, 6) is 0.551. The molecule has 0 saturated carbocycles. The van der Waals surface area contributed by atoms with Crippen molar-refractivity contribution in [1.82, 2.24) is 5.32 Å². The van der Waals surface area contributed by atoms with Crippen molar-refractivity contribution in [2.45, 2.75) is 44.2 Å². The largest absolute Gasteiger partial charge is 0.395 e. The molecule has 1 aromatic rings. The van der Waals surface area contributed by atoms with Gasteiger partial charge >= 0.3 is 0 Å². The number of hydrogen-bond donors (Lipinski definition) is 2. The molecule has 0 aromatic heterocycles. The molecule has 3 rings (SSSR count). The van der Waals surface area contributed by atoms with E-state index < -0.39 is 0 Å². The summed E-state index contributed by atoms with van der Waals surface area (Å²) < 4.78 is 6.60. The van der Waals surface area contributed by atoms with Crippen LogP contribution in [-0.2, 0) is 17.6 Å². The van der Waals surface area contributed by atoms with E-state index in [4.69, 9.17) is 4.74 Å². The highest BCUT2D eigenvalue weighted by Crippen LogP contribution is 2.26.